The highest BCUT2D eigenvalue weighted by atomic mass is 19.4. The maximum absolute atomic E-state index is 12.5. The molecule has 0 amide bonds. The summed E-state index contributed by atoms with van der Waals surface area (Å²) in [7, 11) is 3.29. The van der Waals surface area contributed by atoms with Crippen molar-refractivity contribution in [2.75, 3.05) is 40.4 Å². The van der Waals surface area contributed by atoms with E-state index < -0.39 is 19.1 Å². The first kappa shape index (κ1) is 31.1. The van der Waals surface area contributed by atoms with Crippen molar-refractivity contribution in [2.45, 2.75) is 78.1 Å². The van der Waals surface area contributed by atoms with Gasteiger partial charge in [-0.05, 0) is 59.1 Å². The second-order valence-electron chi connectivity index (χ2n) is 10.9. The molecule has 0 unspecified atom stereocenters. The van der Waals surface area contributed by atoms with Crippen molar-refractivity contribution < 1.29 is 31.4 Å². The van der Waals surface area contributed by atoms with Gasteiger partial charge in [0, 0.05) is 37.3 Å². The zero-order chi connectivity index (χ0) is 28.9. The fourth-order valence-corrected chi connectivity index (χ4v) is 5.77. The van der Waals surface area contributed by atoms with Gasteiger partial charge in [-0.1, -0.05) is 39.8 Å². The first-order valence-electron chi connectivity index (χ1n) is 13.5. The van der Waals surface area contributed by atoms with Crippen LogP contribution in [0.1, 0.15) is 72.9 Å². The van der Waals surface area contributed by atoms with E-state index >= 15 is 0 Å². The first-order chi connectivity index (χ1) is 18.3. The Bertz CT molecular complexity index is 1100. The summed E-state index contributed by atoms with van der Waals surface area (Å²) in [5, 5.41) is 0. The van der Waals surface area contributed by atoms with Crippen LogP contribution in [0, 0.1) is 0 Å². The molecule has 0 saturated heterocycles. The molecule has 4 nitrogen and oxygen atoms in total. The van der Waals surface area contributed by atoms with Crippen LogP contribution in [0.5, 0.6) is 11.5 Å². The predicted octanol–water partition coefficient (Wildman–Crippen LogP) is 7.18. The lowest BCUT2D eigenvalue weighted by Gasteiger charge is -2.32. The van der Waals surface area contributed by atoms with Gasteiger partial charge < -0.3 is 9.47 Å². The number of methoxy groups -OCH3 is 2. The molecular formula is C30H41F5N2O2. The van der Waals surface area contributed by atoms with E-state index in [-0.39, 0.29) is 6.54 Å². The molecule has 39 heavy (non-hydrogen) atoms. The number of hydrogen-bond acceptors (Lipinski definition) is 4. The molecule has 0 spiro atoms. The van der Waals surface area contributed by atoms with E-state index in [1.54, 1.807) is 14.2 Å². The number of alkyl halides is 5. The predicted molar refractivity (Wildman–Crippen MR) is 144 cm³/mol. The Balaban J connectivity index is 0.000000216. The SMILES string of the molecule is COc1ccc2c(c1C(C)C)CCN(CC(F)(F)F)C2.COc1ccc2c(c1C(C)C)CN(CC(F)F)CC2. The average Bonchev–Trinajstić information content (AvgIpc) is 2.85. The van der Waals surface area contributed by atoms with Gasteiger partial charge in [-0.2, -0.15) is 13.2 Å². The molecule has 0 saturated carbocycles. The normalized spacial score (nSPS) is 16.2. The van der Waals surface area contributed by atoms with Crippen LogP contribution >= 0.6 is 0 Å². The quantitative estimate of drug-likeness (QED) is 0.337. The Morgan fingerprint density at radius 2 is 1.28 bits per heavy atom. The fourth-order valence-electron chi connectivity index (χ4n) is 5.77. The zero-order valence-corrected chi connectivity index (χ0v) is 23.8. The van der Waals surface area contributed by atoms with Crippen LogP contribution < -0.4 is 9.47 Å². The Morgan fingerprint density at radius 1 is 0.744 bits per heavy atom. The summed E-state index contributed by atoms with van der Waals surface area (Å²) in [4.78, 5) is 3.29. The van der Waals surface area contributed by atoms with Crippen LogP contribution in [0.2, 0.25) is 0 Å². The van der Waals surface area contributed by atoms with Crippen LogP contribution in [0.15, 0.2) is 24.3 Å². The van der Waals surface area contributed by atoms with E-state index in [9.17, 15) is 22.0 Å². The van der Waals surface area contributed by atoms with Gasteiger partial charge >= 0.3 is 6.18 Å². The smallest absolute Gasteiger partial charge is 0.401 e. The molecule has 9 heteroatoms. The lowest BCUT2D eigenvalue weighted by molar-refractivity contribution is -0.147. The van der Waals surface area contributed by atoms with Crippen LogP contribution in [-0.2, 0) is 25.9 Å². The molecule has 0 atom stereocenters. The monoisotopic (exact) mass is 556 g/mol. The third-order valence-corrected chi connectivity index (χ3v) is 7.37. The molecule has 218 valence electrons. The van der Waals surface area contributed by atoms with Gasteiger partial charge in [-0.3, -0.25) is 9.80 Å². The van der Waals surface area contributed by atoms with Crippen molar-refractivity contribution >= 4 is 0 Å². The molecular weight excluding hydrogens is 515 g/mol. The number of hydrogen-bond donors (Lipinski definition) is 0. The van der Waals surface area contributed by atoms with Gasteiger partial charge in [0.25, 0.3) is 6.43 Å². The van der Waals surface area contributed by atoms with E-state index in [0.717, 1.165) is 34.6 Å². The number of halogens is 5. The number of fused-ring (bicyclic) bond motifs is 2. The topological polar surface area (TPSA) is 24.9 Å². The average molecular weight is 557 g/mol. The van der Waals surface area contributed by atoms with Gasteiger partial charge in [0.2, 0.25) is 0 Å². The Hall–Kier alpha value is -2.39. The summed E-state index contributed by atoms with van der Waals surface area (Å²) >= 11 is 0. The molecule has 0 radical (unpaired) electrons. The summed E-state index contributed by atoms with van der Waals surface area (Å²) < 4.78 is 73.3. The molecule has 0 bridgehead atoms. The maximum Gasteiger partial charge on any atom is 0.401 e. The molecule has 2 aliphatic rings. The molecule has 0 aromatic heterocycles. The summed E-state index contributed by atoms with van der Waals surface area (Å²) in [5.41, 5.74) is 6.91. The Morgan fingerprint density at radius 3 is 1.79 bits per heavy atom. The van der Waals surface area contributed by atoms with Crippen molar-refractivity contribution in [3.63, 3.8) is 0 Å². The highest BCUT2D eigenvalue weighted by Gasteiger charge is 2.33. The van der Waals surface area contributed by atoms with Crippen molar-refractivity contribution in [1.82, 2.24) is 9.80 Å². The third-order valence-electron chi connectivity index (χ3n) is 7.37. The Kier molecular flexibility index (Phi) is 10.6. The number of ether oxygens (including phenoxy) is 2. The third kappa shape index (κ3) is 8.07. The molecule has 2 aromatic rings. The van der Waals surface area contributed by atoms with Crippen molar-refractivity contribution in [1.29, 1.82) is 0 Å². The standard InChI is InChI=1S/C15H20F3NO.C15H21F2NO/c1-10(2)14-12-6-7-19(9-15(16,17)18)8-11(12)4-5-13(14)20-3;1-10(2)15-12-8-18(9-14(16)17)7-6-11(12)4-5-13(15)19-3/h4-5,10H,6-9H2,1-3H3;4-5,10,14H,6-9H2,1-3H3. The largest absolute Gasteiger partial charge is 0.496 e. The van der Waals surface area contributed by atoms with E-state index in [2.05, 4.69) is 33.8 Å². The van der Waals surface area contributed by atoms with E-state index in [1.165, 1.54) is 21.6 Å². The minimum absolute atomic E-state index is 0.145. The van der Waals surface area contributed by atoms with Gasteiger partial charge in [-0.15, -0.1) is 0 Å². The van der Waals surface area contributed by atoms with Crippen molar-refractivity contribution in [2.24, 2.45) is 0 Å². The summed E-state index contributed by atoms with van der Waals surface area (Å²) in [6.45, 7) is 9.53. The number of rotatable bonds is 7. The summed E-state index contributed by atoms with van der Waals surface area (Å²) in [6.07, 6.45) is -4.91. The number of benzene rings is 2. The van der Waals surface area contributed by atoms with Gasteiger partial charge in [0.05, 0.1) is 27.3 Å². The van der Waals surface area contributed by atoms with Crippen LogP contribution in [0.25, 0.3) is 0 Å². The minimum Gasteiger partial charge on any atom is -0.496 e. The van der Waals surface area contributed by atoms with E-state index in [0.29, 0.717) is 44.4 Å². The lowest BCUT2D eigenvalue weighted by Crippen LogP contribution is -2.38. The summed E-state index contributed by atoms with van der Waals surface area (Å²) in [5.74, 6) is 2.33. The minimum atomic E-state index is -4.13. The highest BCUT2D eigenvalue weighted by Crippen LogP contribution is 2.36. The second-order valence-corrected chi connectivity index (χ2v) is 10.9. The zero-order valence-electron chi connectivity index (χ0n) is 23.8. The molecule has 0 N–H and O–H groups in total. The van der Waals surface area contributed by atoms with Crippen molar-refractivity contribution in [3.05, 3.63) is 57.6 Å². The van der Waals surface area contributed by atoms with Crippen molar-refractivity contribution in [3.8, 4) is 11.5 Å². The van der Waals surface area contributed by atoms with E-state index in [1.807, 2.05) is 23.1 Å². The summed E-state index contributed by atoms with van der Waals surface area (Å²) in [6, 6.07) is 7.82. The Labute approximate surface area is 229 Å². The highest BCUT2D eigenvalue weighted by molar-refractivity contribution is 5.49. The molecule has 2 heterocycles. The molecule has 0 fully saturated rings. The molecule has 0 aliphatic carbocycles. The molecule has 2 aromatic carbocycles. The van der Waals surface area contributed by atoms with Gasteiger partial charge in [0.1, 0.15) is 11.5 Å². The van der Waals surface area contributed by atoms with Crippen LogP contribution in [-0.4, -0.2) is 62.8 Å². The maximum atomic E-state index is 12.5. The molecule has 2 aliphatic heterocycles. The van der Waals surface area contributed by atoms with Crippen LogP contribution in [0.4, 0.5) is 22.0 Å². The van der Waals surface area contributed by atoms with Gasteiger partial charge in [-0.25, -0.2) is 8.78 Å². The van der Waals surface area contributed by atoms with E-state index in [4.69, 9.17) is 9.47 Å². The lowest BCUT2D eigenvalue weighted by atomic mass is 9.88. The van der Waals surface area contributed by atoms with Gasteiger partial charge in [0.15, 0.2) is 0 Å². The van der Waals surface area contributed by atoms with Crippen LogP contribution in [0.3, 0.4) is 0 Å². The molecule has 4 rings (SSSR count). The fraction of sp³-hybridized carbons (Fsp3) is 0.600. The number of nitrogens with zero attached hydrogens (tertiary/aromatic N) is 2. The first-order valence-corrected chi connectivity index (χ1v) is 13.5. The second kappa shape index (κ2) is 13.3.